The number of nitrogens with zero attached hydrogens (tertiary/aromatic N) is 3. The molecule has 0 amide bonds. The van der Waals surface area contributed by atoms with Crippen LogP contribution >= 0.6 is 0 Å². The number of fused-ring (bicyclic) bond motifs is 2. The molecule has 3 N–H and O–H groups in total. The van der Waals surface area contributed by atoms with E-state index in [9.17, 15) is 19.1 Å². The molecule has 3 aromatic rings. The predicted octanol–water partition coefficient (Wildman–Crippen LogP) is 0.968. The van der Waals surface area contributed by atoms with Gasteiger partial charge in [-0.3, -0.25) is 4.79 Å². The second-order valence-corrected chi connectivity index (χ2v) is 6.52. The van der Waals surface area contributed by atoms with E-state index in [1.165, 1.54) is 23.0 Å². The number of likely N-dealkylation sites (N-methyl/N-ethyl adjacent to an activating group) is 1. The number of hydrogen-bond donors (Lipinski definition) is 3. The molecule has 0 spiro atoms. The van der Waals surface area contributed by atoms with Gasteiger partial charge >= 0.3 is 5.97 Å². The van der Waals surface area contributed by atoms with Crippen LogP contribution in [0, 0.1) is 5.82 Å². The van der Waals surface area contributed by atoms with Gasteiger partial charge in [-0.2, -0.15) is 0 Å². The molecule has 1 aliphatic heterocycles. The van der Waals surface area contributed by atoms with Gasteiger partial charge in [0.15, 0.2) is 5.65 Å². The second-order valence-electron chi connectivity index (χ2n) is 6.52. The van der Waals surface area contributed by atoms with Crippen LogP contribution < -0.4 is 21.1 Å². The standard InChI is InChI=1S/C18H18FN5O3/c1-20-10-6-23(7-10)15-5-14-9(4-13(15)19)3-11-16(25)12(18(26)27)8-24(21-2)17(11)22-14/h3-5,8,10,20-21H,6-7H2,1-2H3,(H,26,27). The number of carboxylic acids is 1. The normalized spacial score (nSPS) is 14.6. The van der Waals surface area contributed by atoms with Gasteiger partial charge in [0, 0.05) is 37.8 Å². The molecule has 0 bridgehead atoms. The quantitative estimate of drug-likeness (QED) is 0.588. The molecule has 0 aliphatic carbocycles. The van der Waals surface area contributed by atoms with E-state index in [0.29, 0.717) is 35.7 Å². The maximum absolute atomic E-state index is 14.6. The third-order valence-corrected chi connectivity index (χ3v) is 4.94. The number of halogens is 1. The topological polar surface area (TPSA) is 99.5 Å². The number of benzene rings is 1. The summed E-state index contributed by atoms with van der Waals surface area (Å²) < 4.78 is 16.0. The zero-order valence-corrected chi connectivity index (χ0v) is 14.8. The average Bonchev–Trinajstić information content (AvgIpc) is 2.60. The van der Waals surface area contributed by atoms with Crippen molar-refractivity contribution in [3.05, 3.63) is 46.0 Å². The Morgan fingerprint density at radius 3 is 2.67 bits per heavy atom. The van der Waals surface area contributed by atoms with E-state index >= 15 is 0 Å². The fourth-order valence-corrected chi connectivity index (χ4v) is 3.34. The molecular weight excluding hydrogens is 353 g/mol. The van der Waals surface area contributed by atoms with Crippen LogP contribution in [-0.4, -0.2) is 54.0 Å². The lowest BCUT2D eigenvalue weighted by atomic mass is 10.1. The first-order valence-electron chi connectivity index (χ1n) is 8.46. The van der Waals surface area contributed by atoms with E-state index in [2.05, 4.69) is 15.7 Å². The van der Waals surface area contributed by atoms with Crippen LogP contribution in [0.3, 0.4) is 0 Å². The van der Waals surface area contributed by atoms with E-state index in [1.54, 1.807) is 13.1 Å². The molecule has 27 heavy (non-hydrogen) atoms. The van der Waals surface area contributed by atoms with E-state index < -0.39 is 17.2 Å². The number of carbonyl (C=O) groups is 1. The number of aromatic nitrogens is 2. The smallest absolute Gasteiger partial charge is 0.341 e. The lowest BCUT2D eigenvalue weighted by Gasteiger charge is -2.41. The molecule has 140 valence electrons. The fraction of sp³-hybridized carbons (Fsp3) is 0.278. The summed E-state index contributed by atoms with van der Waals surface area (Å²) in [6.07, 6.45) is 1.20. The third-order valence-electron chi connectivity index (χ3n) is 4.94. The van der Waals surface area contributed by atoms with Crippen molar-refractivity contribution >= 4 is 33.6 Å². The van der Waals surface area contributed by atoms with E-state index in [0.717, 1.165) is 0 Å². The number of hydrogen-bond acceptors (Lipinski definition) is 6. The minimum absolute atomic E-state index is 0.114. The van der Waals surface area contributed by atoms with Crippen LogP contribution in [0.1, 0.15) is 10.4 Å². The van der Waals surface area contributed by atoms with Gasteiger partial charge in [0.1, 0.15) is 11.4 Å². The van der Waals surface area contributed by atoms with Crippen LogP contribution in [0.2, 0.25) is 0 Å². The van der Waals surface area contributed by atoms with Crippen molar-refractivity contribution in [2.45, 2.75) is 6.04 Å². The highest BCUT2D eigenvalue weighted by Crippen LogP contribution is 2.29. The summed E-state index contributed by atoms with van der Waals surface area (Å²) in [7, 11) is 3.46. The maximum Gasteiger partial charge on any atom is 0.341 e. The monoisotopic (exact) mass is 371 g/mol. The van der Waals surface area contributed by atoms with Gasteiger partial charge in [-0.15, -0.1) is 0 Å². The lowest BCUT2D eigenvalue weighted by molar-refractivity contribution is 0.0695. The summed E-state index contributed by atoms with van der Waals surface area (Å²) in [6, 6.07) is 4.81. The van der Waals surface area contributed by atoms with Gasteiger partial charge in [0.05, 0.1) is 16.6 Å². The van der Waals surface area contributed by atoms with Crippen LogP contribution in [0.15, 0.2) is 29.2 Å². The summed E-state index contributed by atoms with van der Waals surface area (Å²) in [6.45, 7) is 1.41. The van der Waals surface area contributed by atoms with Crippen molar-refractivity contribution in [1.29, 1.82) is 0 Å². The Bertz CT molecular complexity index is 1140. The van der Waals surface area contributed by atoms with E-state index in [1.807, 2.05) is 11.9 Å². The molecule has 8 nitrogen and oxygen atoms in total. The number of aromatic carboxylic acids is 1. The maximum atomic E-state index is 14.6. The third kappa shape index (κ3) is 2.67. The molecular formula is C18H18FN5O3. The summed E-state index contributed by atoms with van der Waals surface area (Å²) in [5.74, 6) is -1.73. The van der Waals surface area contributed by atoms with Crippen LogP contribution in [0.5, 0.6) is 0 Å². The Morgan fingerprint density at radius 1 is 1.30 bits per heavy atom. The van der Waals surface area contributed by atoms with Gasteiger partial charge in [-0.25, -0.2) is 18.8 Å². The molecule has 9 heteroatoms. The van der Waals surface area contributed by atoms with Crippen molar-refractivity contribution in [3.63, 3.8) is 0 Å². The molecule has 1 aromatic carbocycles. The molecule has 1 fully saturated rings. The molecule has 0 atom stereocenters. The van der Waals surface area contributed by atoms with Crippen molar-refractivity contribution < 1.29 is 14.3 Å². The second kappa shape index (κ2) is 6.20. The Kier molecular flexibility index (Phi) is 3.96. The number of rotatable bonds is 4. The van der Waals surface area contributed by atoms with Crippen LogP contribution in [0.25, 0.3) is 21.9 Å². The molecule has 0 saturated carbocycles. The zero-order chi connectivity index (χ0) is 19.3. The molecule has 0 unspecified atom stereocenters. The highest BCUT2D eigenvalue weighted by molar-refractivity contribution is 5.97. The molecule has 1 aliphatic rings. The Balaban J connectivity index is 1.93. The Labute approximate surface area is 153 Å². The fourth-order valence-electron chi connectivity index (χ4n) is 3.34. The summed E-state index contributed by atoms with van der Waals surface area (Å²) in [4.78, 5) is 30.2. The molecule has 4 rings (SSSR count). The molecule has 3 heterocycles. The van der Waals surface area contributed by atoms with Gasteiger partial charge in [0.25, 0.3) is 0 Å². The summed E-state index contributed by atoms with van der Waals surface area (Å²) in [5, 5.41) is 12.9. The average molecular weight is 371 g/mol. The first kappa shape index (κ1) is 17.2. The van der Waals surface area contributed by atoms with Crippen molar-refractivity contribution in [1.82, 2.24) is 15.0 Å². The summed E-state index contributed by atoms with van der Waals surface area (Å²) >= 11 is 0. The number of anilines is 1. The first-order chi connectivity index (χ1) is 12.9. The van der Waals surface area contributed by atoms with E-state index in [4.69, 9.17) is 0 Å². The Morgan fingerprint density at radius 2 is 2.04 bits per heavy atom. The van der Waals surface area contributed by atoms with Gasteiger partial charge < -0.3 is 20.7 Å². The minimum Gasteiger partial charge on any atom is -0.477 e. The van der Waals surface area contributed by atoms with Crippen molar-refractivity contribution in [2.24, 2.45) is 0 Å². The minimum atomic E-state index is -1.33. The molecule has 2 aromatic heterocycles. The highest BCUT2D eigenvalue weighted by atomic mass is 19.1. The highest BCUT2D eigenvalue weighted by Gasteiger charge is 2.27. The summed E-state index contributed by atoms with van der Waals surface area (Å²) in [5.41, 5.74) is 3.04. The molecule has 0 radical (unpaired) electrons. The molecule has 1 saturated heterocycles. The number of carboxylic acid groups (broad SMARTS) is 1. The van der Waals surface area contributed by atoms with Crippen molar-refractivity contribution in [2.75, 3.05) is 37.5 Å². The van der Waals surface area contributed by atoms with Crippen LogP contribution in [-0.2, 0) is 0 Å². The number of pyridine rings is 2. The van der Waals surface area contributed by atoms with Gasteiger partial charge in [-0.1, -0.05) is 0 Å². The zero-order valence-electron chi connectivity index (χ0n) is 14.8. The number of nitrogens with one attached hydrogen (secondary N) is 2. The van der Waals surface area contributed by atoms with E-state index in [-0.39, 0.29) is 16.6 Å². The van der Waals surface area contributed by atoms with Crippen LogP contribution in [0.4, 0.5) is 10.1 Å². The first-order valence-corrected chi connectivity index (χ1v) is 8.46. The SMILES string of the molecule is CNC1CN(c2cc3nc4c(cc3cc2F)c(=O)c(C(=O)O)cn4NC)C1. The van der Waals surface area contributed by atoms with Gasteiger partial charge in [-0.05, 0) is 25.2 Å². The van der Waals surface area contributed by atoms with Gasteiger partial charge in [0.2, 0.25) is 5.43 Å². The largest absolute Gasteiger partial charge is 0.477 e. The Hall–Kier alpha value is -3.20. The lowest BCUT2D eigenvalue weighted by Crippen LogP contribution is -2.57. The predicted molar refractivity (Wildman–Crippen MR) is 101 cm³/mol. The van der Waals surface area contributed by atoms with Crippen molar-refractivity contribution in [3.8, 4) is 0 Å².